The van der Waals surface area contributed by atoms with E-state index in [1.807, 2.05) is 12.1 Å². The van der Waals surface area contributed by atoms with Crippen LogP contribution in [0.25, 0.3) is 0 Å². The largest absolute Gasteiger partial charge is 0.490 e. The highest BCUT2D eigenvalue weighted by molar-refractivity contribution is 5.90. The number of ether oxygens (including phenoxy) is 3. The van der Waals surface area contributed by atoms with Crippen molar-refractivity contribution in [2.24, 2.45) is 5.41 Å². The third kappa shape index (κ3) is 6.70. The predicted molar refractivity (Wildman–Crippen MR) is 117 cm³/mol. The lowest BCUT2D eigenvalue weighted by Crippen LogP contribution is -2.24. The van der Waals surface area contributed by atoms with Crippen LogP contribution in [0.4, 0.5) is 5.69 Å². The highest BCUT2D eigenvalue weighted by Crippen LogP contribution is 2.36. The van der Waals surface area contributed by atoms with E-state index in [4.69, 9.17) is 15.2 Å². The summed E-state index contributed by atoms with van der Waals surface area (Å²) < 4.78 is 16.1. The van der Waals surface area contributed by atoms with Gasteiger partial charge in [-0.3, -0.25) is 0 Å². The molecule has 0 unspecified atom stereocenters. The van der Waals surface area contributed by atoms with E-state index in [1.54, 1.807) is 18.2 Å². The third-order valence-electron chi connectivity index (χ3n) is 4.65. The Morgan fingerprint density at radius 3 is 2.10 bits per heavy atom. The Morgan fingerprint density at radius 1 is 0.931 bits per heavy atom. The van der Waals surface area contributed by atoms with Crippen LogP contribution in [0.15, 0.2) is 42.5 Å². The van der Waals surface area contributed by atoms with E-state index in [9.17, 15) is 4.79 Å². The molecule has 0 amide bonds. The van der Waals surface area contributed by atoms with Crippen LogP contribution in [-0.2, 0) is 10.2 Å². The lowest BCUT2D eigenvalue weighted by atomic mass is 9.72. The van der Waals surface area contributed by atoms with Gasteiger partial charge in [0.05, 0.1) is 18.4 Å². The van der Waals surface area contributed by atoms with Crippen molar-refractivity contribution in [1.29, 1.82) is 0 Å². The fourth-order valence-electron chi connectivity index (χ4n) is 3.67. The maximum atomic E-state index is 11.5. The van der Waals surface area contributed by atoms with E-state index in [-0.39, 0.29) is 10.8 Å². The number of methoxy groups -OCH3 is 1. The molecule has 0 aromatic heterocycles. The molecular formula is C24H33NO4. The molecule has 0 atom stereocenters. The van der Waals surface area contributed by atoms with Crippen molar-refractivity contribution in [3.8, 4) is 11.5 Å². The summed E-state index contributed by atoms with van der Waals surface area (Å²) in [5, 5.41) is 0. The molecule has 0 aliphatic heterocycles. The third-order valence-corrected chi connectivity index (χ3v) is 4.65. The van der Waals surface area contributed by atoms with Crippen LogP contribution in [0, 0.1) is 5.41 Å². The molecule has 0 heterocycles. The first-order chi connectivity index (χ1) is 13.5. The Bertz CT molecular complexity index is 820. The van der Waals surface area contributed by atoms with Crippen molar-refractivity contribution in [1.82, 2.24) is 0 Å². The van der Waals surface area contributed by atoms with Crippen molar-refractivity contribution < 1.29 is 19.0 Å². The molecule has 0 spiro atoms. The topological polar surface area (TPSA) is 70.8 Å². The van der Waals surface area contributed by atoms with Gasteiger partial charge in [-0.15, -0.1) is 0 Å². The van der Waals surface area contributed by atoms with Gasteiger partial charge < -0.3 is 19.9 Å². The minimum absolute atomic E-state index is 0.105. The minimum atomic E-state index is -0.430. The van der Waals surface area contributed by atoms with Crippen LogP contribution in [0.3, 0.4) is 0 Å². The van der Waals surface area contributed by atoms with Crippen LogP contribution in [0.2, 0.25) is 0 Å². The van der Waals surface area contributed by atoms with Gasteiger partial charge in [0.2, 0.25) is 0 Å². The van der Waals surface area contributed by atoms with Crippen LogP contribution in [-0.4, -0.2) is 26.3 Å². The minimum Gasteiger partial charge on any atom is -0.490 e. The molecule has 2 aromatic carbocycles. The second kappa shape index (κ2) is 9.21. The molecule has 0 aliphatic rings. The zero-order valence-corrected chi connectivity index (χ0v) is 18.4. The maximum Gasteiger partial charge on any atom is 0.337 e. The lowest BCUT2D eigenvalue weighted by molar-refractivity contribution is 0.0600. The Morgan fingerprint density at radius 2 is 1.55 bits per heavy atom. The number of hydrogen-bond acceptors (Lipinski definition) is 5. The van der Waals surface area contributed by atoms with Gasteiger partial charge in [0, 0.05) is 0 Å². The van der Waals surface area contributed by atoms with Crippen LogP contribution < -0.4 is 15.2 Å². The van der Waals surface area contributed by atoms with Gasteiger partial charge in [0.1, 0.15) is 24.7 Å². The molecule has 0 saturated heterocycles. The molecule has 0 fully saturated rings. The van der Waals surface area contributed by atoms with Crippen molar-refractivity contribution >= 4 is 11.7 Å². The number of esters is 1. The molecule has 2 rings (SSSR count). The van der Waals surface area contributed by atoms with Crippen molar-refractivity contribution in [3.05, 3.63) is 53.6 Å². The zero-order valence-electron chi connectivity index (χ0n) is 18.4. The highest BCUT2D eigenvalue weighted by atomic mass is 16.5. The second-order valence-electron chi connectivity index (χ2n) is 9.09. The second-order valence-corrected chi connectivity index (χ2v) is 9.09. The fourth-order valence-corrected chi connectivity index (χ4v) is 3.67. The van der Waals surface area contributed by atoms with Gasteiger partial charge in [0.15, 0.2) is 0 Å². The number of nitrogen functional groups attached to an aromatic ring is 1. The smallest absolute Gasteiger partial charge is 0.337 e. The zero-order chi connectivity index (χ0) is 21.7. The summed E-state index contributed by atoms with van der Waals surface area (Å²) in [6, 6.07) is 13.1. The normalized spacial score (nSPS) is 11.8. The van der Waals surface area contributed by atoms with E-state index < -0.39 is 5.97 Å². The van der Waals surface area contributed by atoms with Gasteiger partial charge in [-0.2, -0.15) is 0 Å². The molecule has 5 heteroatoms. The number of anilines is 1. The van der Waals surface area contributed by atoms with Gasteiger partial charge in [-0.25, -0.2) is 4.79 Å². The van der Waals surface area contributed by atoms with Crippen LogP contribution in [0.5, 0.6) is 11.5 Å². The molecule has 5 nitrogen and oxygen atoms in total. The van der Waals surface area contributed by atoms with E-state index in [1.165, 1.54) is 12.7 Å². The monoisotopic (exact) mass is 399 g/mol. The first-order valence-corrected chi connectivity index (χ1v) is 9.86. The van der Waals surface area contributed by atoms with Crippen LogP contribution in [0.1, 0.15) is 57.0 Å². The predicted octanol–water partition coefficient (Wildman–Crippen LogP) is 5.23. The molecule has 2 aromatic rings. The number of carbonyl (C=O) groups is 1. The molecule has 2 N–H and O–H groups in total. The summed E-state index contributed by atoms with van der Waals surface area (Å²) in [7, 11) is 1.33. The van der Waals surface area contributed by atoms with Crippen molar-refractivity contribution in [2.75, 3.05) is 26.1 Å². The Hall–Kier alpha value is -2.69. The standard InChI is InChI=1S/C24H33NO4/c1-23(2,3)16-24(4,5)18-8-10-19(11-9-18)28-13-14-29-21-12-7-17(15-20(21)25)22(26)27-6/h7-12,15H,13-14,16,25H2,1-6H3. The van der Waals surface area contributed by atoms with Crippen molar-refractivity contribution in [2.45, 2.75) is 46.5 Å². The first kappa shape index (κ1) is 22.6. The van der Waals surface area contributed by atoms with E-state index in [2.05, 4.69) is 51.5 Å². The van der Waals surface area contributed by atoms with Gasteiger partial charge in [-0.1, -0.05) is 46.8 Å². The maximum absolute atomic E-state index is 11.5. The highest BCUT2D eigenvalue weighted by Gasteiger charge is 2.27. The Balaban J connectivity index is 1.86. The molecule has 0 radical (unpaired) electrons. The summed E-state index contributed by atoms with van der Waals surface area (Å²) in [5.41, 5.74) is 8.39. The van der Waals surface area contributed by atoms with Crippen LogP contribution >= 0.6 is 0 Å². The van der Waals surface area contributed by atoms with E-state index in [0.717, 1.165) is 12.2 Å². The Kier molecular flexibility index (Phi) is 7.17. The number of rotatable bonds is 8. The quantitative estimate of drug-likeness (QED) is 0.374. The number of carbonyl (C=O) groups excluding carboxylic acids is 1. The lowest BCUT2D eigenvalue weighted by Gasteiger charge is -2.33. The first-order valence-electron chi connectivity index (χ1n) is 9.86. The summed E-state index contributed by atoms with van der Waals surface area (Å²) in [6.07, 6.45) is 1.10. The molecule has 0 saturated carbocycles. The molecular weight excluding hydrogens is 366 g/mol. The molecule has 158 valence electrons. The summed E-state index contributed by atoms with van der Waals surface area (Å²) in [6.45, 7) is 12.1. The molecule has 0 bridgehead atoms. The number of benzene rings is 2. The van der Waals surface area contributed by atoms with E-state index >= 15 is 0 Å². The summed E-state index contributed by atoms with van der Waals surface area (Å²) in [5.74, 6) is 0.888. The average molecular weight is 400 g/mol. The summed E-state index contributed by atoms with van der Waals surface area (Å²) >= 11 is 0. The van der Waals surface area contributed by atoms with Gasteiger partial charge in [-0.05, 0) is 53.1 Å². The molecule has 0 aliphatic carbocycles. The summed E-state index contributed by atoms with van der Waals surface area (Å²) in [4.78, 5) is 11.5. The average Bonchev–Trinajstić information content (AvgIpc) is 2.64. The molecule has 29 heavy (non-hydrogen) atoms. The van der Waals surface area contributed by atoms with Gasteiger partial charge >= 0.3 is 5.97 Å². The fraction of sp³-hybridized carbons (Fsp3) is 0.458. The number of nitrogens with two attached hydrogens (primary N) is 1. The van der Waals surface area contributed by atoms with Gasteiger partial charge in [0.25, 0.3) is 0 Å². The Labute approximate surface area is 174 Å². The van der Waals surface area contributed by atoms with Crippen molar-refractivity contribution in [3.63, 3.8) is 0 Å². The number of hydrogen-bond donors (Lipinski definition) is 1. The SMILES string of the molecule is COC(=O)c1ccc(OCCOc2ccc(C(C)(C)CC(C)(C)C)cc2)c(N)c1. The van der Waals surface area contributed by atoms with E-state index in [0.29, 0.717) is 30.2 Å².